The van der Waals surface area contributed by atoms with E-state index >= 15 is 0 Å². The third-order valence-electron chi connectivity index (χ3n) is 4.54. The molecule has 3 rings (SSSR count). The Labute approximate surface area is 191 Å². The SMILES string of the molecule is CS(=O)(=O)N(CC(=O)Nc1ccccc1C(=O)NCc1ccco1)Cc1ccccc1Cl. The average molecular weight is 476 g/mol. The lowest BCUT2D eigenvalue weighted by Crippen LogP contribution is -2.37. The minimum Gasteiger partial charge on any atom is -0.467 e. The zero-order chi connectivity index (χ0) is 23.1. The summed E-state index contributed by atoms with van der Waals surface area (Å²) in [5.41, 5.74) is 1.08. The first-order chi connectivity index (χ1) is 15.2. The highest BCUT2D eigenvalue weighted by atomic mass is 35.5. The molecule has 2 N–H and O–H groups in total. The van der Waals surface area contributed by atoms with E-state index in [-0.39, 0.29) is 24.3 Å². The van der Waals surface area contributed by atoms with Gasteiger partial charge in [-0.25, -0.2) is 8.42 Å². The summed E-state index contributed by atoms with van der Waals surface area (Å²) in [6, 6.07) is 16.7. The quantitative estimate of drug-likeness (QED) is 0.493. The second kappa shape index (κ2) is 10.4. The fraction of sp³-hybridized carbons (Fsp3) is 0.182. The first kappa shape index (κ1) is 23.5. The molecule has 0 saturated carbocycles. The number of nitrogens with zero attached hydrogens (tertiary/aromatic N) is 1. The van der Waals surface area contributed by atoms with Gasteiger partial charge in [-0.3, -0.25) is 9.59 Å². The minimum absolute atomic E-state index is 0.0583. The van der Waals surface area contributed by atoms with E-state index in [1.165, 1.54) is 6.26 Å². The average Bonchev–Trinajstić information content (AvgIpc) is 3.26. The summed E-state index contributed by atoms with van der Waals surface area (Å²) in [7, 11) is -3.70. The maximum atomic E-state index is 12.7. The molecule has 0 spiro atoms. The molecule has 0 bridgehead atoms. The molecule has 0 aliphatic heterocycles. The Bertz CT molecular complexity index is 1200. The topological polar surface area (TPSA) is 109 Å². The summed E-state index contributed by atoms with van der Waals surface area (Å²) in [6.07, 6.45) is 2.53. The van der Waals surface area contributed by atoms with E-state index < -0.39 is 28.4 Å². The van der Waals surface area contributed by atoms with Crippen LogP contribution >= 0.6 is 11.6 Å². The molecule has 0 unspecified atom stereocenters. The van der Waals surface area contributed by atoms with E-state index in [4.69, 9.17) is 16.0 Å². The van der Waals surface area contributed by atoms with Crippen molar-refractivity contribution >= 4 is 39.1 Å². The van der Waals surface area contributed by atoms with Gasteiger partial charge in [0.1, 0.15) is 5.76 Å². The van der Waals surface area contributed by atoms with Crippen molar-refractivity contribution in [3.63, 3.8) is 0 Å². The highest BCUT2D eigenvalue weighted by Crippen LogP contribution is 2.19. The lowest BCUT2D eigenvalue weighted by Gasteiger charge is -2.20. The maximum Gasteiger partial charge on any atom is 0.253 e. The van der Waals surface area contributed by atoms with E-state index in [2.05, 4.69) is 10.6 Å². The van der Waals surface area contributed by atoms with Crippen molar-refractivity contribution < 1.29 is 22.4 Å². The molecule has 1 aromatic heterocycles. The van der Waals surface area contributed by atoms with Gasteiger partial charge >= 0.3 is 0 Å². The van der Waals surface area contributed by atoms with E-state index in [1.54, 1.807) is 60.7 Å². The monoisotopic (exact) mass is 475 g/mol. The fourth-order valence-electron chi connectivity index (χ4n) is 2.92. The van der Waals surface area contributed by atoms with Crippen LogP contribution in [-0.2, 0) is 27.9 Å². The Morgan fingerprint density at radius 3 is 2.44 bits per heavy atom. The number of carbonyl (C=O) groups is 2. The molecular weight excluding hydrogens is 454 g/mol. The van der Waals surface area contributed by atoms with Gasteiger partial charge in [0.15, 0.2) is 0 Å². The lowest BCUT2D eigenvalue weighted by molar-refractivity contribution is -0.116. The van der Waals surface area contributed by atoms with Crippen LogP contribution < -0.4 is 10.6 Å². The lowest BCUT2D eigenvalue weighted by atomic mass is 10.1. The number of carbonyl (C=O) groups excluding carboxylic acids is 2. The Balaban J connectivity index is 1.70. The van der Waals surface area contributed by atoms with Gasteiger partial charge in [0, 0.05) is 11.6 Å². The summed E-state index contributed by atoms with van der Waals surface area (Å²) >= 11 is 6.13. The standard InChI is InChI=1S/C22H22ClN3O5S/c1-32(29,30)26(14-16-7-2-4-10-19(16)23)15-21(27)25-20-11-5-3-9-18(20)22(28)24-13-17-8-6-12-31-17/h2-12H,13-15H2,1H3,(H,24,28)(H,25,27). The number of furan rings is 1. The Kier molecular flexibility index (Phi) is 7.68. The fourth-order valence-corrected chi connectivity index (χ4v) is 3.84. The van der Waals surface area contributed by atoms with Crippen LogP contribution in [0.15, 0.2) is 71.3 Å². The van der Waals surface area contributed by atoms with Gasteiger partial charge in [-0.15, -0.1) is 0 Å². The molecule has 1 heterocycles. The molecule has 0 saturated heterocycles. The second-order valence-corrected chi connectivity index (χ2v) is 9.37. The first-order valence-electron chi connectivity index (χ1n) is 9.62. The van der Waals surface area contributed by atoms with Gasteiger partial charge in [-0.1, -0.05) is 41.9 Å². The molecule has 0 fully saturated rings. The first-order valence-corrected chi connectivity index (χ1v) is 11.8. The Morgan fingerprint density at radius 1 is 1.03 bits per heavy atom. The number of rotatable bonds is 9. The van der Waals surface area contributed by atoms with Gasteiger partial charge in [-0.2, -0.15) is 4.31 Å². The third-order valence-corrected chi connectivity index (χ3v) is 6.11. The smallest absolute Gasteiger partial charge is 0.253 e. The zero-order valence-corrected chi connectivity index (χ0v) is 18.8. The Morgan fingerprint density at radius 2 is 1.75 bits per heavy atom. The molecule has 32 heavy (non-hydrogen) atoms. The summed E-state index contributed by atoms with van der Waals surface area (Å²) in [5.74, 6) is -0.412. The van der Waals surface area contributed by atoms with Crippen LogP contribution in [0.5, 0.6) is 0 Å². The summed E-state index contributed by atoms with van der Waals surface area (Å²) in [5, 5.41) is 5.74. The third kappa shape index (κ3) is 6.43. The van der Waals surface area contributed by atoms with Crippen LogP contribution in [0.4, 0.5) is 5.69 Å². The number of para-hydroxylation sites is 1. The molecule has 0 aliphatic carbocycles. The highest BCUT2D eigenvalue weighted by molar-refractivity contribution is 7.88. The van der Waals surface area contributed by atoms with Crippen molar-refractivity contribution in [2.45, 2.75) is 13.1 Å². The van der Waals surface area contributed by atoms with Gasteiger partial charge in [0.05, 0.1) is 36.9 Å². The molecule has 168 valence electrons. The van der Waals surface area contributed by atoms with Gasteiger partial charge in [0.2, 0.25) is 15.9 Å². The predicted octanol–water partition coefficient (Wildman–Crippen LogP) is 3.26. The predicted molar refractivity (Wildman–Crippen MR) is 122 cm³/mol. The van der Waals surface area contributed by atoms with Crippen LogP contribution in [-0.4, -0.2) is 37.3 Å². The van der Waals surface area contributed by atoms with E-state index in [0.29, 0.717) is 16.3 Å². The van der Waals surface area contributed by atoms with Crippen molar-refractivity contribution in [3.8, 4) is 0 Å². The van der Waals surface area contributed by atoms with Crippen LogP contribution in [0.1, 0.15) is 21.7 Å². The molecular formula is C22H22ClN3O5S. The van der Waals surface area contributed by atoms with E-state index in [0.717, 1.165) is 10.6 Å². The van der Waals surface area contributed by atoms with Crippen molar-refractivity contribution in [2.75, 3.05) is 18.1 Å². The van der Waals surface area contributed by atoms with Gasteiger partial charge < -0.3 is 15.1 Å². The van der Waals surface area contributed by atoms with Crippen LogP contribution in [0.3, 0.4) is 0 Å². The summed E-state index contributed by atoms with van der Waals surface area (Å²) < 4.78 is 30.7. The van der Waals surface area contributed by atoms with Crippen molar-refractivity contribution in [1.29, 1.82) is 0 Å². The molecule has 0 radical (unpaired) electrons. The summed E-state index contributed by atoms with van der Waals surface area (Å²) in [6.45, 7) is -0.308. The molecule has 10 heteroatoms. The van der Waals surface area contributed by atoms with Crippen LogP contribution in [0.2, 0.25) is 5.02 Å². The van der Waals surface area contributed by atoms with Gasteiger partial charge in [0.25, 0.3) is 5.91 Å². The van der Waals surface area contributed by atoms with E-state index in [1.807, 2.05) is 0 Å². The molecule has 2 amide bonds. The largest absolute Gasteiger partial charge is 0.467 e. The number of hydrogen-bond donors (Lipinski definition) is 2. The van der Waals surface area contributed by atoms with Crippen molar-refractivity contribution in [3.05, 3.63) is 88.8 Å². The van der Waals surface area contributed by atoms with Crippen LogP contribution in [0.25, 0.3) is 0 Å². The number of amides is 2. The van der Waals surface area contributed by atoms with E-state index in [9.17, 15) is 18.0 Å². The summed E-state index contributed by atoms with van der Waals surface area (Å²) in [4.78, 5) is 25.2. The second-order valence-electron chi connectivity index (χ2n) is 6.98. The maximum absolute atomic E-state index is 12.7. The minimum atomic E-state index is -3.70. The number of halogens is 1. The molecule has 8 nitrogen and oxygen atoms in total. The van der Waals surface area contributed by atoms with Crippen LogP contribution in [0, 0.1) is 0 Å². The normalized spacial score (nSPS) is 11.3. The Hall–Kier alpha value is -3.14. The van der Waals surface area contributed by atoms with Crippen molar-refractivity contribution in [1.82, 2.24) is 9.62 Å². The number of anilines is 1. The van der Waals surface area contributed by atoms with Gasteiger partial charge in [-0.05, 0) is 35.9 Å². The highest BCUT2D eigenvalue weighted by Gasteiger charge is 2.22. The zero-order valence-electron chi connectivity index (χ0n) is 17.2. The number of benzene rings is 2. The molecule has 0 aliphatic rings. The number of hydrogen-bond acceptors (Lipinski definition) is 5. The number of sulfonamides is 1. The molecule has 3 aromatic rings. The van der Waals surface area contributed by atoms with Crippen molar-refractivity contribution in [2.24, 2.45) is 0 Å². The number of nitrogens with one attached hydrogen (secondary N) is 2. The molecule has 2 aromatic carbocycles. The molecule has 0 atom stereocenters.